The third kappa shape index (κ3) is 3.66. The van der Waals surface area contributed by atoms with Gasteiger partial charge >= 0.3 is 0 Å². The molecule has 0 saturated carbocycles. The zero-order valence-electron chi connectivity index (χ0n) is 16.0. The highest BCUT2D eigenvalue weighted by atomic mass is 16.6. The lowest BCUT2D eigenvalue weighted by Crippen LogP contribution is -2.27. The normalized spacial score (nSPS) is 16.4. The summed E-state index contributed by atoms with van der Waals surface area (Å²) in [7, 11) is 0. The first-order valence-corrected chi connectivity index (χ1v) is 9.27. The Bertz CT molecular complexity index is 1010. The summed E-state index contributed by atoms with van der Waals surface area (Å²) in [5.41, 5.74) is 5.80. The van der Waals surface area contributed by atoms with E-state index in [0.29, 0.717) is 12.0 Å². The van der Waals surface area contributed by atoms with Gasteiger partial charge in [0.15, 0.2) is 0 Å². The van der Waals surface area contributed by atoms with E-state index >= 15 is 0 Å². The van der Waals surface area contributed by atoms with Crippen LogP contribution in [0.15, 0.2) is 48.0 Å². The topological polar surface area (TPSA) is 90.7 Å². The van der Waals surface area contributed by atoms with Gasteiger partial charge in [-0.2, -0.15) is 10.5 Å². The summed E-state index contributed by atoms with van der Waals surface area (Å²) in [6.07, 6.45) is 1.45. The molecule has 3 rings (SSSR count). The molecule has 2 aromatic rings. The molecule has 0 bridgehead atoms. The van der Waals surface area contributed by atoms with Crippen molar-refractivity contribution in [1.82, 2.24) is 0 Å². The number of fused-ring (bicyclic) bond motifs is 1. The molecule has 0 heterocycles. The molecule has 0 N–H and O–H groups in total. The molecule has 1 aliphatic rings. The molecule has 5 nitrogen and oxygen atoms in total. The Kier molecular flexibility index (Phi) is 5.57. The number of hydrogen-bond donors (Lipinski definition) is 0. The number of allylic oxidation sites excluding steroid dienone is 2. The number of rotatable bonds is 4. The smallest absolute Gasteiger partial charge is 0.211 e. The van der Waals surface area contributed by atoms with Crippen LogP contribution >= 0.6 is 0 Å². The predicted octanol–water partition coefficient (Wildman–Crippen LogP) is 4.73. The summed E-state index contributed by atoms with van der Waals surface area (Å²) in [5.74, 6) is -0.646. The SMILES string of the molecule is Cc1cc(C)c2c(c1)C(=C(C#N)C#N)[C@H]([C@@H](C[N+](=O)[O-])c1ccccc1)CC2. The summed E-state index contributed by atoms with van der Waals surface area (Å²) in [5, 5.41) is 30.7. The third-order valence-electron chi connectivity index (χ3n) is 5.54. The molecular weight excluding hydrogens is 350 g/mol. The minimum Gasteiger partial charge on any atom is -0.265 e. The highest BCUT2D eigenvalue weighted by Gasteiger charge is 2.36. The van der Waals surface area contributed by atoms with E-state index in [9.17, 15) is 20.6 Å². The number of nitriles is 2. The van der Waals surface area contributed by atoms with Crippen molar-refractivity contribution in [3.63, 3.8) is 0 Å². The van der Waals surface area contributed by atoms with Gasteiger partial charge in [0.1, 0.15) is 17.7 Å². The van der Waals surface area contributed by atoms with Gasteiger partial charge in [0.25, 0.3) is 0 Å². The number of hydrogen-bond acceptors (Lipinski definition) is 4. The number of nitro groups is 1. The van der Waals surface area contributed by atoms with E-state index in [1.165, 1.54) is 0 Å². The van der Waals surface area contributed by atoms with Crippen molar-refractivity contribution >= 4 is 5.57 Å². The van der Waals surface area contributed by atoms with Crippen molar-refractivity contribution < 1.29 is 4.92 Å². The van der Waals surface area contributed by atoms with Crippen molar-refractivity contribution in [2.75, 3.05) is 6.54 Å². The van der Waals surface area contributed by atoms with Crippen LogP contribution in [0.1, 0.15) is 40.2 Å². The van der Waals surface area contributed by atoms with Crippen LogP contribution in [0.25, 0.3) is 5.57 Å². The molecule has 2 aromatic carbocycles. The minimum absolute atomic E-state index is 0.0558. The maximum Gasteiger partial charge on any atom is 0.211 e. The molecule has 0 amide bonds. The molecule has 0 unspecified atom stereocenters. The Balaban J connectivity index is 2.24. The summed E-state index contributed by atoms with van der Waals surface area (Å²) in [6, 6.07) is 17.6. The van der Waals surface area contributed by atoms with E-state index in [1.54, 1.807) is 0 Å². The predicted molar refractivity (Wildman–Crippen MR) is 107 cm³/mol. The molecule has 0 fully saturated rings. The van der Waals surface area contributed by atoms with Crippen LogP contribution < -0.4 is 0 Å². The molecule has 140 valence electrons. The van der Waals surface area contributed by atoms with Crippen molar-refractivity contribution in [3.05, 3.63) is 86.0 Å². The largest absolute Gasteiger partial charge is 0.265 e. The number of benzene rings is 2. The summed E-state index contributed by atoms with van der Waals surface area (Å²) >= 11 is 0. The van der Waals surface area contributed by atoms with E-state index in [4.69, 9.17) is 0 Å². The summed E-state index contributed by atoms with van der Waals surface area (Å²) in [6.45, 7) is 3.79. The molecule has 2 atom stereocenters. The molecule has 0 aliphatic heterocycles. The molecule has 0 aromatic heterocycles. The van der Waals surface area contributed by atoms with Crippen LogP contribution in [-0.2, 0) is 6.42 Å². The summed E-state index contributed by atoms with van der Waals surface area (Å²) in [4.78, 5) is 11.2. The van der Waals surface area contributed by atoms with E-state index in [1.807, 2.05) is 62.4 Å². The zero-order valence-corrected chi connectivity index (χ0v) is 16.0. The third-order valence-corrected chi connectivity index (χ3v) is 5.54. The van der Waals surface area contributed by atoms with Gasteiger partial charge in [-0.05, 0) is 60.4 Å². The second-order valence-corrected chi connectivity index (χ2v) is 7.30. The summed E-state index contributed by atoms with van der Waals surface area (Å²) < 4.78 is 0. The maximum absolute atomic E-state index is 11.5. The van der Waals surface area contributed by atoms with E-state index in [0.717, 1.165) is 34.2 Å². The Hall–Kier alpha value is -3.44. The molecule has 5 heteroatoms. The average Bonchev–Trinajstić information content (AvgIpc) is 2.68. The van der Waals surface area contributed by atoms with Crippen LogP contribution in [0.4, 0.5) is 0 Å². The zero-order chi connectivity index (χ0) is 20.3. The van der Waals surface area contributed by atoms with Gasteiger partial charge in [0.05, 0.1) is 5.92 Å². The highest BCUT2D eigenvalue weighted by Crippen LogP contribution is 2.46. The lowest BCUT2D eigenvalue weighted by molar-refractivity contribution is -0.484. The highest BCUT2D eigenvalue weighted by molar-refractivity contribution is 5.81. The van der Waals surface area contributed by atoms with Gasteiger partial charge in [-0.25, -0.2) is 0 Å². The number of nitrogens with zero attached hydrogens (tertiary/aromatic N) is 3. The molecular formula is C23H21N3O2. The van der Waals surface area contributed by atoms with Gasteiger partial charge in [0, 0.05) is 4.92 Å². The second kappa shape index (κ2) is 8.06. The standard InChI is InChI=1S/C23H21N3O2/c1-15-10-16(2)19-8-9-20(23(21(19)11-15)18(12-24)13-25)22(14-26(27)28)17-6-4-3-5-7-17/h3-7,10-11,20,22H,8-9,14H2,1-2H3/t20-,22-/m0/s1. The van der Waals surface area contributed by atoms with Gasteiger partial charge in [-0.1, -0.05) is 48.0 Å². The van der Waals surface area contributed by atoms with Crippen LogP contribution in [-0.4, -0.2) is 11.5 Å². The average molecular weight is 371 g/mol. The molecule has 0 radical (unpaired) electrons. The second-order valence-electron chi connectivity index (χ2n) is 7.30. The Labute approximate surface area is 164 Å². The molecule has 0 spiro atoms. The quantitative estimate of drug-likeness (QED) is 0.441. The number of aryl methyl sites for hydroxylation is 2. The Morgan fingerprint density at radius 2 is 1.89 bits per heavy atom. The van der Waals surface area contributed by atoms with Crippen molar-refractivity contribution in [2.45, 2.75) is 32.6 Å². The first-order valence-electron chi connectivity index (χ1n) is 9.27. The van der Waals surface area contributed by atoms with Crippen LogP contribution in [0.3, 0.4) is 0 Å². The fourth-order valence-corrected chi connectivity index (χ4v) is 4.41. The van der Waals surface area contributed by atoms with Gasteiger partial charge < -0.3 is 0 Å². The van der Waals surface area contributed by atoms with Crippen LogP contribution in [0, 0.1) is 52.5 Å². The first-order chi connectivity index (χ1) is 13.5. The molecule has 0 saturated heterocycles. The molecule has 28 heavy (non-hydrogen) atoms. The first kappa shape index (κ1) is 19.3. The van der Waals surface area contributed by atoms with E-state index < -0.39 is 5.92 Å². The van der Waals surface area contributed by atoms with Gasteiger partial charge in [-0.15, -0.1) is 0 Å². The van der Waals surface area contributed by atoms with Gasteiger partial charge in [-0.3, -0.25) is 10.1 Å². The minimum atomic E-state index is -0.392. The lowest BCUT2D eigenvalue weighted by atomic mass is 9.69. The van der Waals surface area contributed by atoms with E-state index in [2.05, 4.69) is 6.07 Å². The lowest BCUT2D eigenvalue weighted by Gasteiger charge is -2.33. The Morgan fingerprint density at radius 1 is 1.21 bits per heavy atom. The van der Waals surface area contributed by atoms with E-state index in [-0.39, 0.29) is 23.0 Å². The Morgan fingerprint density at radius 3 is 2.50 bits per heavy atom. The fraction of sp³-hybridized carbons (Fsp3) is 0.304. The van der Waals surface area contributed by atoms with Crippen LogP contribution in [0.5, 0.6) is 0 Å². The van der Waals surface area contributed by atoms with Crippen molar-refractivity contribution in [2.24, 2.45) is 5.92 Å². The molecule has 1 aliphatic carbocycles. The van der Waals surface area contributed by atoms with Gasteiger partial charge in [0.2, 0.25) is 6.54 Å². The van der Waals surface area contributed by atoms with Crippen LogP contribution in [0.2, 0.25) is 0 Å². The fourth-order valence-electron chi connectivity index (χ4n) is 4.41. The monoisotopic (exact) mass is 371 g/mol. The van der Waals surface area contributed by atoms with Crippen molar-refractivity contribution in [3.8, 4) is 12.1 Å². The maximum atomic E-state index is 11.5. The van der Waals surface area contributed by atoms with Crippen molar-refractivity contribution in [1.29, 1.82) is 10.5 Å².